The Bertz CT molecular complexity index is 1130. The lowest BCUT2D eigenvalue weighted by Gasteiger charge is -2.22. The van der Waals surface area contributed by atoms with E-state index in [-0.39, 0.29) is 11.6 Å². The fourth-order valence-electron chi connectivity index (χ4n) is 3.85. The van der Waals surface area contributed by atoms with Gasteiger partial charge in [-0.05, 0) is 30.0 Å². The van der Waals surface area contributed by atoms with Gasteiger partial charge in [-0.25, -0.2) is 0 Å². The lowest BCUT2D eigenvalue weighted by molar-refractivity contribution is 0.0979. The van der Waals surface area contributed by atoms with Crippen molar-refractivity contribution in [1.29, 1.82) is 0 Å². The summed E-state index contributed by atoms with van der Waals surface area (Å²) in [5.74, 6) is -0.255. The zero-order chi connectivity index (χ0) is 20.4. The molecular weight excluding hydrogens is 358 g/mol. The van der Waals surface area contributed by atoms with E-state index in [9.17, 15) is 9.59 Å². The number of allylic oxidation sites excluding steroid dienone is 2. The fourth-order valence-corrected chi connectivity index (χ4v) is 3.85. The molecule has 0 atom stereocenters. The van der Waals surface area contributed by atoms with Gasteiger partial charge in [-0.2, -0.15) is 0 Å². The molecule has 0 bridgehead atoms. The van der Waals surface area contributed by atoms with Crippen LogP contribution >= 0.6 is 0 Å². The van der Waals surface area contributed by atoms with Crippen LogP contribution in [0.15, 0.2) is 86.0 Å². The standard InChI is InChI=1S/C26H21NO2/c1-3-9-17-11-7-12-18(10-4-2)24(17)27-22-16-8-15-21-23(22)26(29)20-14-6-5-13-19(20)25(21)28/h3-8,11-16,27H,1-2,9-10H2. The van der Waals surface area contributed by atoms with Crippen molar-refractivity contribution >= 4 is 22.9 Å². The van der Waals surface area contributed by atoms with E-state index in [0.29, 0.717) is 40.8 Å². The molecule has 0 radical (unpaired) electrons. The van der Waals surface area contributed by atoms with Crippen molar-refractivity contribution in [2.45, 2.75) is 12.8 Å². The van der Waals surface area contributed by atoms with Gasteiger partial charge >= 0.3 is 0 Å². The fraction of sp³-hybridized carbons (Fsp3) is 0.0769. The second kappa shape index (κ2) is 7.72. The van der Waals surface area contributed by atoms with Crippen LogP contribution in [0, 0.1) is 0 Å². The second-order valence-electron chi connectivity index (χ2n) is 6.99. The Morgan fingerprint density at radius 3 is 1.86 bits per heavy atom. The Morgan fingerprint density at radius 1 is 0.690 bits per heavy atom. The van der Waals surface area contributed by atoms with E-state index in [1.54, 1.807) is 30.3 Å². The maximum atomic E-state index is 13.3. The quantitative estimate of drug-likeness (QED) is 0.440. The maximum Gasteiger partial charge on any atom is 0.196 e. The number of carbonyl (C=O) groups is 2. The molecule has 0 aromatic heterocycles. The van der Waals surface area contributed by atoms with Gasteiger partial charge in [-0.3, -0.25) is 9.59 Å². The molecule has 0 unspecified atom stereocenters. The van der Waals surface area contributed by atoms with Crippen LogP contribution in [0.1, 0.15) is 43.0 Å². The highest BCUT2D eigenvalue weighted by molar-refractivity contribution is 6.30. The summed E-state index contributed by atoms with van der Waals surface area (Å²) in [5.41, 5.74) is 5.49. The summed E-state index contributed by atoms with van der Waals surface area (Å²) in [6.07, 6.45) is 5.09. The number of benzene rings is 3. The van der Waals surface area contributed by atoms with Gasteiger partial charge in [0.2, 0.25) is 0 Å². The molecule has 1 aliphatic rings. The molecule has 142 valence electrons. The molecule has 3 aromatic carbocycles. The molecule has 3 heteroatoms. The average molecular weight is 379 g/mol. The summed E-state index contributed by atoms with van der Waals surface area (Å²) in [6.45, 7) is 7.70. The molecule has 0 spiro atoms. The van der Waals surface area contributed by atoms with E-state index in [2.05, 4.69) is 18.5 Å². The smallest absolute Gasteiger partial charge is 0.196 e. The molecule has 1 N–H and O–H groups in total. The zero-order valence-corrected chi connectivity index (χ0v) is 16.1. The second-order valence-corrected chi connectivity index (χ2v) is 6.99. The number of para-hydroxylation sites is 1. The summed E-state index contributed by atoms with van der Waals surface area (Å²) in [6, 6.07) is 18.4. The van der Waals surface area contributed by atoms with E-state index in [1.165, 1.54) is 0 Å². The molecular formula is C26H21NO2. The zero-order valence-electron chi connectivity index (χ0n) is 16.1. The monoisotopic (exact) mass is 379 g/mol. The summed E-state index contributed by atoms with van der Waals surface area (Å²) in [7, 11) is 0. The molecule has 0 saturated carbocycles. The third kappa shape index (κ3) is 3.21. The van der Waals surface area contributed by atoms with E-state index in [1.807, 2.05) is 42.5 Å². The Labute approximate surface area is 170 Å². The third-order valence-corrected chi connectivity index (χ3v) is 5.18. The van der Waals surface area contributed by atoms with Crippen molar-refractivity contribution in [2.75, 3.05) is 5.32 Å². The first-order chi connectivity index (χ1) is 14.2. The van der Waals surface area contributed by atoms with E-state index >= 15 is 0 Å². The molecule has 4 rings (SSSR count). The third-order valence-electron chi connectivity index (χ3n) is 5.18. The maximum absolute atomic E-state index is 13.3. The Balaban J connectivity index is 1.86. The minimum atomic E-state index is -0.134. The van der Waals surface area contributed by atoms with Crippen LogP contribution < -0.4 is 5.32 Å². The van der Waals surface area contributed by atoms with Crippen molar-refractivity contribution in [1.82, 2.24) is 0 Å². The SMILES string of the molecule is C=CCc1cccc(CC=C)c1Nc1cccc2c1C(=O)c1ccccc1C2=O. The predicted octanol–water partition coefficient (Wildman–Crippen LogP) is 5.66. The van der Waals surface area contributed by atoms with Crippen LogP contribution in [0.5, 0.6) is 0 Å². The highest BCUT2D eigenvalue weighted by Crippen LogP contribution is 2.35. The largest absolute Gasteiger partial charge is 0.354 e. The predicted molar refractivity (Wildman–Crippen MR) is 117 cm³/mol. The molecule has 1 aliphatic carbocycles. The first-order valence-corrected chi connectivity index (χ1v) is 9.56. The Morgan fingerprint density at radius 2 is 1.24 bits per heavy atom. The lowest BCUT2D eigenvalue weighted by atomic mass is 9.83. The van der Waals surface area contributed by atoms with Crippen molar-refractivity contribution in [3.05, 3.63) is 119 Å². The highest BCUT2D eigenvalue weighted by atomic mass is 16.1. The van der Waals surface area contributed by atoms with Gasteiger partial charge in [0.1, 0.15) is 0 Å². The number of rotatable bonds is 6. The van der Waals surface area contributed by atoms with Crippen LogP contribution in [-0.2, 0) is 12.8 Å². The lowest BCUT2D eigenvalue weighted by Crippen LogP contribution is -2.22. The minimum Gasteiger partial charge on any atom is -0.354 e. The van der Waals surface area contributed by atoms with Crippen molar-refractivity contribution in [3.63, 3.8) is 0 Å². The van der Waals surface area contributed by atoms with Crippen LogP contribution in [0.2, 0.25) is 0 Å². The van der Waals surface area contributed by atoms with E-state index < -0.39 is 0 Å². The van der Waals surface area contributed by atoms with E-state index in [4.69, 9.17) is 0 Å². The van der Waals surface area contributed by atoms with Crippen LogP contribution in [-0.4, -0.2) is 11.6 Å². The first-order valence-electron chi connectivity index (χ1n) is 9.56. The topological polar surface area (TPSA) is 46.2 Å². The highest BCUT2D eigenvalue weighted by Gasteiger charge is 2.31. The van der Waals surface area contributed by atoms with Crippen molar-refractivity contribution < 1.29 is 9.59 Å². The summed E-state index contributed by atoms with van der Waals surface area (Å²) in [5, 5.41) is 3.45. The molecule has 0 heterocycles. The normalized spacial score (nSPS) is 12.1. The van der Waals surface area contributed by atoms with Crippen LogP contribution in [0.4, 0.5) is 11.4 Å². The summed E-state index contributed by atoms with van der Waals surface area (Å²) >= 11 is 0. The molecule has 0 saturated heterocycles. The number of carbonyl (C=O) groups excluding carboxylic acids is 2. The summed E-state index contributed by atoms with van der Waals surface area (Å²) in [4.78, 5) is 26.3. The van der Waals surface area contributed by atoms with Gasteiger partial charge in [0.15, 0.2) is 11.6 Å². The molecule has 3 aromatic rings. The average Bonchev–Trinajstić information content (AvgIpc) is 2.74. The number of ketones is 2. The van der Waals surface area contributed by atoms with E-state index in [0.717, 1.165) is 16.8 Å². The number of anilines is 2. The van der Waals surface area contributed by atoms with Crippen molar-refractivity contribution in [2.24, 2.45) is 0 Å². The van der Waals surface area contributed by atoms with Gasteiger partial charge < -0.3 is 5.32 Å². The van der Waals surface area contributed by atoms with Crippen LogP contribution in [0.25, 0.3) is 0 Å². The molecule has 0 amide bonds. The molecule has 0 aliphatic heterocycles. The summed E-state index contributed by atoms with van der Waals surface area (Å²) < 4.78 is 0. The van der Waals surface area contributed by atoms with Gasteiger partial charge in [0.25, 0.3) is 0 Å². The molecule has 0 fully saturated rings. The van der Waals surface area contributed by atoms with Gasteiger partial charge in [0.05, 0.1) is 11.3 Å². The number of hydrogen-bond acceptors (Lipinski definition) is 3. The first kappa shape index (κ1) is 18.6. The number of fused-ring (bicyclic) bond motifs is 2. The van der Waals surface area contributed by atoms with Gasteiger partial charge in [0, 0.05) is 22.4 Å². The van der Waals surface area contributed by atoms with Gasteiger partial charge in [-0.1, -0.05) is 66.7 Å². The minimum absolute atomic E-state index is 0.121. The Kier molecular flexibility index (Phi) is 4.96. The number of hydrogen-bond donors (Lipinski definition) is 1. The molecule has 3 nitrogen and oxygen atoms in total. The Hall–Kier alpha value is -3.72. The number of nitrogens with one attached hydrogen (secondary N) is 1. The van der Waals surface area contributed by atoms with Crippen LogP contribution in [0.3, 0.4) is 0 Å². The van der Waals surface area contributed by atoms with Crippen molar-refractivity contribution in [3.8, 4) is 0 Å². The van der Waals surface area contributed by atoms with Gasteiger partial charge in [-0.15, -0.1) is 13.2 Å². The molecule has 29 heavy (non-hydrogen) atoms.